The number of ether oxygens (including phenoxy) is 1. The first-order valence-corrected chi connectivity index (χ1v) is 10.6. The molecule has 2 amide bonds. The Labute approximate surface area is 182 Å². The van der Waals surface area contributed by atoms with Crippen LogP contribution < -0.4 is 10.1 Å². The smallest absolute Gasteiger partial charge is 0.253 e. The van der Waals surface area contributed by atoms with Crippen LogP contribution in [0.3, 0.4) is 0 Å². The molecule has 1 aliphatic rings. The molecule has 0 aliphatic carbocycles. The number of rotatable bonds is 5. The molecule has 0 bridgehead atoms. The molecule has 1 saturated heterocycles. The van der Waals surface area contributed by atoms with Gasteiger partial charge in [-0.25, -0.2) is 0 Å². The number of hydrogen-bond donors (Lipinski definition) is 1. The van der Waals surface area contributed by atoms with Gasteiger partial charge in [0.25, 0.3) is 11.8 Å². The molecule has 4 rings (SSSR count). The lowest BCUT2D eigenvalue weighted by atomic mass is 10.0. The molecule has 3 aromatic rings. The summed E-state index contributed by atoms with van der Waals surface area (Å²) in [5, 5.41) is 3.11. The van der Waals surface area contributed by atoms with Crippen molar-refractivity contribution < 1.29 is 14.3 Å². The van der Waals surface area contributed by atoms with E-state index in [-0.39, 0.29) is 17.9 Å². The van der Waals surface area contributed by atoms with E-state index in [1.165, 1.54) is 0 Å². The number of likely N-dealkylation sites (tertiary alicyclic amines) is 1. The van der Waals surface area contributed by atoms with Gasteiger partial charge in [-0.3, -0.25) is 9.59 Å². The van der Waals surface area contributed by atoms with Crippen LogP contribution in [0.15, 0.2) is 78.9 Å². The zero-order valence-corrected chi connectivity index (χ0v) is 17.6. The molecule has 0 spiro atoms. The SMILES string of the molecule is Cc1ccccc1C(=O)NC1CCN(C(=O)c2ccc(Oc3ccccc3)cc2)CC1. The number of nitrogens with one attached hydrogen (secondary N) is 1. The lowest BCUT2D eigenvalue weighted by Crippen LogP contribution is -2.46. The predicted molar refractivity (Wildman–Crippen MR) is 121 cm³/mol. The van der Waals surface area contributed by atoms with Crippen molar-refractivity contribution in [2.45, 2.75) is 25.8 Å². The quantitative estimate of drug-likeness (QED) is 0.651. The summed E-state index contributed by atoms with van der Waals surface area (Å²) < 4.78 is 5.79. The van der Waals surface area contributed by atoms with E-state index in [0.29, 0.717) is 30.0 Å². The normalized spacial score (nSPS) is 14.2. The topological polar surface area (TPSA) is 58.6 Å². The van der Waals surface area contributed by atoms with Gasteiger partial charge in [-0.2, -0.15) is 0 Å². The van der Waals surface area contributed by atoms with Gasteiger partial charge in [-0.05, 0) is 67.8 Å². The first kappa shape index (κ1) is 20.7. The van der Waals surface area contributed by atoms with Gasteiger partial charge in [-0.15, -0.1) is 0 Å². The molecule has 5 nitrogen and oxygen atoms in total. The number of aryl methyl sites for hydroxylation is 1. The van der Waals surface area contributed by atoms with Crippen molar-refractivity contribution in [1.82, 2.24) is 10.2 Å². The van der Waals surface area contributed by atoms with Gasteiger partial charge in [0.1, 0.15) is 11.5 Å². The van der Waals surface area contributed by atoms with Crippen LogP contribution in [0.2, 0.25) is 0 Å². The van der Waals surface area contributed by atoms with Gasteiger partial charge in [0, 0.05) is 30.3 Å². The molecule has 0 saturated carbocycles. The number of hydrogen-bond acceptors (Lipinski definition) is 3. The third-order valence-corrected chi connectivity index (χ3v) is 5.59. The summed E-state index contributed by atoms with van der Waals surface area (Å²) in [6.07, 6.45) is 1.50. The average Bonchev–Trinajstić information content (AvgIpc) is 2.80. The van der Waals surface area contributed by atoms with Crippen molar-refractivity contribution in [3.63, 3.8) is 0 Å². The maximum absolute atomic E-state index is 12.9. The summed E-state index contributed by atoms with van der Waals surface area (Å²) in [5.41, 5.74) is 2.31. The van der Waals surface area contributed by atoms with E-state index in [1.807, 2.05) is 78.6 Å². The Kier molecular flexibility index (Phi) is 6.32. The van der Waals surface area contributed by atoms with E-state index in [4.69, 9.17) is 4.74 Å². The lowest BCUT2D eigenvalue weighted by Gasteiger charge is -2.32. The highest BCUT2D eigenvalue weighted by atomic mass is 16.5. The number of carbonyl (C=O) groups is 2. The van der Waals surface area contributed by atoms with Crippen LogP contribution in [-0.4, -0.2) is 35.8 Å². The highest BCUT2D eigenvalue weighted by Gasteiger charge is 2.25. The Morgan fingerprint density at radius 1 is 0.839 bits per heavy atom. The number of nitrogens with zero attached hydrogens (tertiary/aromatic N) is 1. The fourth-order valence-corrected chi connectivity index (χ4v) is 3.79. The Balaban J connectivity index is 1.30. The van der Waals surface area contributed by atoms with Crippen molar-refractivity contribution in [2.24, 2.45) is 0 Å². The van der Waals surface area contributed by atoms with Crippen LogP contribution in [0.1, 0.15) is 39.1 Å². The Hall–Kier alpha value is -3.60. The van der Waals surface area contributed by atoms with Gasteiger partial charge in [0.15, 0.2) is 0 Å². The van der Waals surface area contributed by atoms with E-state index in [1.54, 1.807) is 12.1 Å². The molecule has 158 valence electrons. The zero-order chi connectivity index (χ0) is 21.6. The molecule has 5 heteroatoms. The Bertz CT molecular complexity index is 1040. The first-order valence-electron chi connectivity index (χ1n) is 10.6. The molecule has 1 aliphatic heterocycles. The van der Waals surface area contributed by atoms with E-state index >= 15 is 0 Å². The van der Waals surface area contributed by atoms with Crippen molar-refractivity contribution in [3.8, 4) is 11.5 Å². The summed E-state index contributed by atoms with van der Waals surface area (Å²) in [4.78, 5) is 27.2. The predicted octanol–water partition coefficient (Wildman–Crippen LogP) is 4.82. The second-order valence-corrected chi connectivity index (χ2v) is 7.79. The second-order valence-electron chi connectivity index (χ2n) is 7.79. The fraction of sp³-hybridized carbons (Fsp3) is 0.231. The molecule has 1 fully saturated rings. The molecular weight excluding hydrogens is 388 g/mol. The Morgan fingerprint density at radius 2 is 1.45 bits per heavy atom. The molecule has 0 aromatic heterocycles. The molecule has 0 radical (unpaired) electrons. The maximum atomic E-state index is 12.9. The maximum Gasteiger partial charge on any atom is 0.253 e. The molecular formula is C26H26N2O3. The number of carbonyl (C=O) groups excluding carboxylic acids is 2. The second kappa shape index (κ2) is 9.47. The number of amides is 2. The van der Waals surface area contributed by atoms with Gasteiger partial charge in [-0.1, -0.05) is 36.4 Å². The van der Waals surface area contributed by atoms with Crippen molar-refractivity contribution in [3.05, 3.63) is 95.6 Å². The summed E-state index contributed by atoms with van der Waals surface area (Å²) in [6.45, 7) is 3.19. The molecule has 0 unspecified atom stereocenters. The highest BCUT2D eigenvalue weighted by molar-refractivity contribution is 5.96. The van der Waals surface area contributed by atoms with Crippen molar-refractivity contribution in [2.75, 3.05) is 13.1 Å². The van der Waals surface area contributed by atoms with Crippen LogP contribution in [0.5, 0.6) is 11.5 Å². The third kappa shape index (κ3) is 5.12. The monoisotopic (exact) mass is 414 g/mol. The van der Waals surface area contributed by atoms with Gasteiger partial charge in [0.05, 0.1) is 0 Å². The minimum absolute atomic E-state index is 0.00921. The van der Waals surface area contributed by atoms with Gasteiger partial charge in [0.2, 0.25) is 0 Å². The zero-order valence-electron chi connectivity index (χ0n) is 17.6. The van der Waals surface area contributed by atoms with Crippen molar-refractivity contribution >= 4 is 11.8 Å². The molecule has 31 heavy (non-hydrogen) atoms. The minimum atomic E-state index is -0.0446. The van der Waals surface area contributed by atoms with E-state index in [9.17, 15) is 9.59 Å². The summed E-state index contributed by atoms with van der Waals surface area (Å²) in [5.74, 6) is 1.42. The first-order chi connectivity index (χ1) is 15.1. The molecule has 3 aromatic carbocycles. The highest BCUT2D eigenvalue weighted by Crippen LogP contribution is 2.22. The van der Waals surface area contributed by atoms with Crippen LogP contribution in [0.25, 0.3) is 0 Å². The minimum Gasteiger partial charge on any atom is -0.457 e. The number of para-hydroxylation sites is 1. The summed E-state index contributed by atoms with van der Waals surface area (Å²) in [6, 6.07) is 24.4. The third-order valence-electron chi connectivity index (χ3n) is 5.59. The Morgan fingerprint density at radius 3 is 2.13 bits per heavy atom. The molecule has 1 N–H and O–H groups in total. The van der Waals surface area contributed by atoms with Crippen LogP contribution in [0.4, 0.5) is 0 Å². The summed E-state index contributed by atoms with van der Waals surface area (Å²) in [7, 11) is 0. The van der Waals surface area contributed by atoms with E-state index in [0.717, 1.165) is 24.2 Å². The van der Waals surface area contributed by atoms with Crippen LogP contribution in [0, 0.1) is 6.92 Å². The van der Waals surface area contributed by atoms with Crippen molar-refractivity contribution in [1.29, 1.82) is 0 Å². The van der Waals surface area contributed by atoms with Crippen LogP contribution in [-0.2, 0) is 0 Å². The number of piperidine rings is 1. The standard InChI is InChI=1S/C26H26N2O3/c1-19-7-5-6-10-24(19)25(29)27-21-15-17-28(18-16-21)26(30)20-11-13-23(14-12-20)31-22-8-3-2-4-9-22/h2-14,21H,15-18H2,1H3,(H,27,29). The summed E-state index contributed by atoms with van der Waals surface area (Å²) >= 11 is 0. The van der Waals surface area contributed by atoms with Crippen LogP contribution >= 0.6 is 0 Å². The molecule has 1 heterocycles. The largest absolute Gasteiger partial charge is 0.457 e. The van der Waals surface area contributed by atoms with Gasteiger partial charge < -0.3 is 15.0 Å². The average molecular weight is 415 g/mol. The van der Waals surface area contributed by atoms with Gasteiger partial charge >= 0.3 is 0 Å². The number of benzene rings is 3. The lowest BCUT2D eigenvalue weighted by molar-refractivity contribution is 0.0698. The fourth-order valence-electron chi connectivity index (χ4n) is 3.79. The molecule has 0 atom stereocenters. The van der Waals surface area contributed by atoms with E-state index < -0.39 is 0 Å². The van der Waals surface area contributed by atoms with E-state index in [2.05, 4.69) is 5.32 Å².